The van der Waals surface area contributed by atoms with E-state index in [2.05, 4.69) is 9.47 Å². The first kappa shape index (κ1) is 13.7. The summed E-state index contributed by atoms with van der Waals surface area (Å²) in [4.78, 5) is 45.5. The van der Waals surface area contributed by atoms with Crippen molar-refractivity contribution >= 4 is 23.9 Å². The van der Waals surface area contributed by atoms with Gasteiger partial charge in [0.1, 0.15) is 0 Å². The summed E-state index contributed by atoms with van der Waals surface area (Å²) in [5.41, 5.74) is -0.552. The molecule has 2 atom stereocenters. The number of esters is 4. The molecule has 2 aliphatic rings. The van der Waals surface area contributed by atoms with Gasteiger partial charge in [0.15, 0.2) is 0 Å². The molecule has 0 aromatic carbocycles. The van der Waals surface area contributed by atoms with Gasteiger partial charge in [-0.1, -0.05) is 13.8 Å². The van der Waals surface area contributed by atoms with Gasteiger partial charge in [0.25, 0.3) is 0 Å². The van der Waals surface area contributed by atoms with Crippen molar-refractivity contribution < 1.29 is 28.7 Å². The topological polar surface area (TPSA) is 86.7 Å². The molecule has 0 N–H and O–H groups in total. The molecule has 0 radical (unpaired) electrons. The van der Waals surface area contributed by atoms with Gasteiger partial charge in [0.2, 0.25) is 0 Å². The zero-order chi connectivity index (χ0) is 14.2. The highest BCUT2D eigenvalue weighted by Gasteiger charge is 2.43. The molecule has 6 heteroatoms. The van der Waals surface area contributed by atoms with Gasteiger partial charge in [-0.3, -0.25) is 19.2 Å². The molecule has 0 amide bonds. The van der Waals surface area contributed by atoms with Crippen LogP contribution in [0.4, 0.5) is 0 Å². The number of ether oxygens (including phenoxy) is 2. The first-order valence-corrected chi connectivity index (χ1v) is 6.27. The number of carbonyl (C=O) groups is 4. The van der Waals surface area contributed by atoms with Crippen LogP contribution in [0.15, 0.2) is 0 Å². The molecule has 0 aromatic heterocycles. The largest absolute Gasteiger partial charge is 0.393 e. The smallest absolute Gasteiger partial charge is 0.316 e. The maximum atomic E-state index is 11.5. The van der Waals surface area contributed by atoms with Crippen LogP contribution in [0.3, 0.4) is 0 Å². The van der Waals surface area contributed by atoms with Crippen molar-refractivity contribution in [3.05, 3.63) is 0 Å². The Morgan fingerprint density at radius 1 is 1.05 bits per heavy atom. The third-order valence-corrected chi connectivity index (χ3v) is 3.85. The summed E-state index contributed by atoms with van der Waals surface area (Å²) in [6.07, 6.45) is 0.859. The Labute approximate surface area is 110 Å². The molecule has 0 aliphatic carbocycles. The summed E-state index contributed by atoms with van der Waals surface area (Å²) in [6, 6.07) is 0. The second-order valence-corrected chi connectivity index (χ2v) is 5.76. The molecular formula is C13H16O6. The third-order valence-electron chi connectivity index (χ3n) is 3.85. The first-order valence-electron chi connectivity index (χ1n) is 6.27. The Kier molecular flexibility index (Phi) is 3.43. The van der Waals surface area contributed by atoms with Crippen molar-refractivity contribution in [2.24, 2.45) is 17.3 Å². The predicted octanol–water partition coefficient (Wildman–Crippen LogP) is 0.972. The van der Waals surface area contributed by atoms with Crippen molar-refractivity contribution in [2.45, 2.75) is 39.5 Å². The molecule has 2 aliphatic heterocycles. The molecule has 104 valence electrons. The van der Waals surface area contributed by atoms with E-state index in [1.165, 1.54) is 0 Å². The Balaban J connectivity index is 2.10. The van der Waals surface area contributed by atoms with E-state index in [0.717, 1.165) is 0 Å². The lowest BCUT2D eigenvalue weighted by Gasteiger charge is -2.36. The van der Waals surface area contributed by atoms with Gasteiger partial charge >= 0.3 is 23.9 Å². The van der Waals surface area contributed by atoms with Gasteiger partial charge in [-0.15, -0.1) is 0 Å². The van der Waals surface area contributed by atoms with Crippen molar-refractivity contribution in [3.63, 3.8) is 0 Å². The molecule has 2 fully saturated rings. The number of hydrogen-bond donors (Lipinski definition) is 0. The molecule has 2 rings (SSSR count). The van der Waals surface area contributed by atoms with E-state index < -0.39 is 35.2 Å². The van der Waals surface area contributed by atoms with Crippen molar-refractivity contribution in [1.82, 2.24) is 0 Å². The summed E-state index contributed by atoms with van der Waals surface area (Å²) in [5.74, 6) is -2.76. The van der Waals surface area contributed by atoms with Crippen LogP contribution in [0, 0.1) is 17.3 Å². The third kappa shape index (κ3) is 3.00. The highest BCUT2D eigenvalue weighted by Crippen LogP contribution is 2.41. The average Bonchev–Trinajstić information content (AvgIpc) is 2.22. The summed E-state index contributed by atoms with van der Waals surface area (Å²) < 4.78 is 9.06. The minimum Gasteiger partial charge on any atom is -0.393 e. The zero-order valence-electron chi connectivity index (χ0n) is 10.9. The average molecular weight is 268 g/mol. The van der Waals surface area contributed by atoms with Crippen LogP contribution in [0.5, 0.6) is 0 Å². The first-order chi connectivity index (χ1) is 8.79. The quantitative estimate of drug-likeness (QED) is 0.548. The fourth-order valence-electron chi connectivity index (χ4n) is 2.81. The standard InChI is InChI=1S/C13H16O6/c1-7-8(3-9(14)19-12(7)17)4-13(2)5-10(15)18-11(16)6-13/h7-8H,3-6H2,1-2H3. The Morgan fingerprint density at radius 2 is 1.63 bits per heavy atom. The van der Waals surface area contributed by atoms with Crippen LogP contribution < -0.4 is 0 Å². The van der Waals surface area contributed by atoms with Gasteiger partial charge in [0, 0.05) is 6.42 Å². The van der Waals surface area contributed by atoms with Gasteiger partial charge < -0.3 is 9.47 Å². The molecule has 19 heavy (non-hydrogen) atoms. The second-order valence-electron chi connectivity index (χ2n) is 5.76. The minimum absolute atomic E-state index is 0.130. The van der Waals surface area contributed by atoms with Gasteiger partial charge in [-0.25, -0.2) is 0 Å². The van der Waals surface area contributed by atoms with E-state index in [1.807, 2.05) is 6.92 Å². The van der Waals surface area contributed by atoms with E-state index in [4.69, 9.17) is 0 Å². The molecular weight excluding hydrogens is 252 g/mol. The Hall–Kier alpha value is -1.72. The Bertz CT molecular complexity index is 436. The van der Waals surface area contributed by atoms with Crippen LogP contribution in [-0.2, 0) is 28.7 Å². The van der Waals surface area contributed by atoms with Crippen LogP contribution >= 0.6 is 0 Å². The number of carbonyl (C=O) groups excluding carboxylic acids is 4. The summed E-state index contributed by atoms with van der Waals surface area (Å²) in [7, 11) is 0. The lowest BCUT2D eigenvalue weighted by Crippen LogP contribution is -2.40. The molecule has 2 saturated heterocycles. The van der Waals surface area contributed by atoms with Crippen molar-refractivity contribution in [2.75, 3.05) is 0 Å². The fourth-order valence-corrected chi connectivity index (χ4v) is 2.81. The predicted molar refractivity (Wildman–Crippen MR) is 61.4 cm³/mol. The van der Waals surface area contributed by atoms with Crippen LogP contribution in [0.25, 0.3) is 0 Å². The van der Waals surface area contributed by atoms with E-state index >= 15 is 0 Å². The SMILES string of the molecule is CC1C(=O)OC(=O)CC1CC1(C)CC(=O)OC(=O)C1. The summed E-state index contributed by atoms with van der Waals surface area (Å²) >= 11 is 0. The summed E-state index contributed by atoms with van der Waals surface area (Å²) in [5, 5.41) is 0. The van der Waals surface area contributed by atoms with Gasteiger partial charge in [0.05, 0.1) is 18.8 Å². The molecule has 0 bridgehead atoms. The normalized spacial score (nSPS) is 30.8. The maximum absolute atomic E-state index is 11.5. The van der Waals surface area contributed by atoms with Crippen LogP contribution in [0.1, 0.15) is 39.5 Å². The van der Waals surface area contributed by atoms with E-state index in [-0.39, 0.29) is 25.2 Å². The molecule has 0 saturated carbocycles. The lowest BCUT2D eigenvalue weighted by atomic mass is 9.70. The fraction of sp³-hybridized carbons (Fsp3) is 0.692. The minimum atomic E-state index is -0.552. The van der Waals surface area contributed by atoms with Crippen molar-refractivity contribution in [1.29, 1.82) is 0 Å². The van der Waals surface area contributed by atoms with Gasteiger partial charge in [-0.2, -0.15) is 0 Å². The molecule has 0 spiro atoms. The number of hydrogen-bond acceptors (Lipinski definition) is 6. The monoisotopic (exact) mass is 268 g/mol. The molecule has 0 aromatic rings. The van der Waals surface area contributed by atoms with E-state index in [9.17, 15) is 19.2 Å². The molecule has 6 nitrogen and oxygen atoms in total. The molecule has 2 heterocycles. The van der Waals surface area contributed by atoms with Crippen LogP contribution in [-0.4, -0.2) is 23.9 Å². The molecule has 2 unspecified atom stereocenters. The van der Waals surface area contributed by atoms with Crippen molar-refractivity contribution in [3.8, 4) is 0 Å². The van der Waals surface area contributed by atoms with Gasteiger partial charge in [-0.05, 0) is 17.8 Å². The zero-order valence-corrected chi connectivity index (χ0v) is 10.9. The Morgan fingerprint density at radius 3 is 2.21 bits per heavy atom. The lowest BCUT2D eigenvalue weighted by molar-refractivity contribution is -0.172. The number of cyclic esters (lactones) is 4. The van der Waals surface area contributed by atoms with E-state index in [1.54, 1.807) is 6.92 Å². The highest BCUT2D eigenvalue weighted by molar-refractivity contribution is 5.90. The van der Waals surface area contributed by atoms with Crippen LogP contribution in [0.2, 0.25) is 0 Å². The summed E-state index contributed by atoms with van der Waals surface area (Å²) in [6.45, 7) is 3.51. The maximum Gasteiger partial charge on any atom is 0.316 e. The second kappa shape index (κ2) is 4.75. The highest BCUT2D eigenvalue weighted by atomic mass is 16.6. The van der Waals surface area contributed by atoms with E-state index in [0.29, 0.717) is 6.42 Å². The number of rotatable bonds is 2.